The van der Waals surface area contributed by atoms with Crippen LogP contribution < -0.4 is 10.7 Å². The van der Waals surface area contributed by atoms with Gasteiger partial charge in [-0.3, -0.25) is 4.79 Å². The van der Waals surface area contributed by atoms with Gasteiger partial charge in [0.2, 0.25) is 5.43 Å². The number of aryl methyl sites for hydroxylation is 1. The predicted molar refractivity (Wildman–Crippen MR) is 99.4 cm³/mol. The summed E-state index contributed by atoms with van der Waals surface area (Å²) < 4.78 is 31.5. The fraction of sp³-hybridized carbons (Fsp3) is 0.500. The second kappa shape index (κ2) is 7.76. The smallest absolute Gasteiger partial charge is 0.341 e. The Morgan fingerprint density at radius 3 is 2.70 bits per heavy atom. The minimum Gasteiger partial charge on any atom is -0.477 e. The van der Waals surface area contributed by atoms with Crippen LogP contribution in [0.3, 0.4) is 0 Å². The number of benzene rings is 1. The number of nitrogens with zero attached hydrogens (tertiary/aromatic N) is 1. The van der Waals surface area contributed by atoms with Crippen LogP contribution in [0.2, 0.25) is 0 Å². The number of halogens is 2. The minimum atomic E-state index is -1.41. The fourth-order valence-electron chi connectivity index (χ4n) is 4.15. The zero-order valence-electron chi connectivity index (χ0n) is 15.5. The monoisotopic (exact) mass is 378 g/mol. The topological polar surface area (TPSA) is 71.3 Å². The molecule has 7 heteroatoms. The first-order valence-corrected chi connectivity index (χ1v) is 9.38. The van der Waals surface area contributed by atoms with Gasteiger partial charge in [0, 0.05) is 18.3 Å². The van der Waals surface area contributed by atoms with Gasteiger partial charge in [-0.05, 0) is 57.2 Å². The Balaban J connectivity index is 2.13. The van der Waals surface area contributed by atoms with Crippen molar-refractivity contribution in [3.05, 3.63) is 45.2 Å². The van der Waals surface area contributed by atoms with E-state index >= 15 is 4.39 Å². The zero-order chi connectivity index (χ0) is 19.7. The molecule has 1 unspecified atom stereocenters. The summed E-state index contributed by atoms with van der Waals surface area (Å²) in [5.41, 5.74) is -1.34. The average Bonchev–Trinajstić information content (AvgIpc) is 3.09. The summed E-state index contributed by atoms with van der Waals surface area (Å²) in [6.45, 7) is 5.69. The molecule has 1 aliphatic rings. The number of aromatic carboxylic acids is 1. The first kappa shape index (κ1) is 19.5. The van der Waals surface area contributed by atoms with Crippen LogP contribution in [0, 0.1) is 17.6 Å². The lowest BCUT2D eigenvalue weighted by Gasteiger charge is -2.18. The number of nitrogens with one attached hydrogen (secondary N) is 1. The summed E-state index contributed by atoms with van der Waals surface area (Å²) in [6.07, 6.45) is 3.42. The maximum absolute atomic E-state index is 15.4. The molecule has 0 bridgehead atoms. The van der Waals surface area contributed by atoms with Gasteiger partial charge < -0.3 is 15.0 Å². The molecule has 1 heterocycles. The summed E-state index contributed by atoms with van der Waals surface area (Å²) in [6, 6.07) is 1.01. The Morgan fingerprint density at radius 1 is 1.33 bits per heavy atom. The van der Waals surface area contributed by atoms with E-state index in [0.717, 1.165) is 31.8 Å². The van der Waals surface area contributed by atoms with Gasteiger partial charge in [0.25, 0.3) is 0 Å². The van der Waals surface area contributed by atoms with E-state index in [-0.39, 0.29) is 28.9 Å². The third-order valence-corrected chi connectivity index (χ3v) is 5.49. The van der Waals surface area contributed by atoms with Crippen LogP contribution in [-0.4, -0.2) is 28.7 Å². The summed E-state index contributed by atoms with van der Waals surface area (Å²) in [5.74, 6) is -2.78. The highest BCUT2D eigenvalue weighted by atomic mass is 19.1. The molecule has 2 aromatic rings. The number of hydrogen-bond acceptors (Lipinski definition) is 3. The Kier molecular flexibility index (Phi) is 5.60. The van der Waals surface area contributed by atoms with Crippen LogP contribution in [0.5, 0.6) is 0 Å². The molecule has 0 spiro atoms. The number of pyridine rings is 1. The molecule has 27 heavy (non-hydrogen) atoms. The molecular formula is C20H24F2N2O3. The van der Waals surface area contributed by atoms with Crippen LogP contribution in [0.1, 0.15) is 54.9 Å². The van der Waals surface area contributed by atoms with Gasteiger partial charge in [-0.15, -0.1) is 0 Å². The van der Waals surface area contributed by atoms with Crippen molar-refractivity contribution in [3.8, 4) is 0 Å². The van der Waals surface area contributed by atoms with Crippen LogP contribution >= 0.6 is 0 Å². The molecule has 1 aromatic heterocycles. The molecule has 0 saturated heterocycles. The Labute approximate surface area is 156 Å². The Hall–Kier alpha value is -2.28. The van der Waals surface area contributed by atoms with Crippen molar-refractivity contribution in [2.75, 3.05) is 13.1 Å². The molecular weight excluding hydrogens is 354 g/mol. The van der Waals surface area contributed by atoms with Crippen LogP contribution in [-0.2, 0) is 6.54 Å². The molecule has 1 aromatic carbocycles. The lowest BCUT2D eigenvalue weighted by atomic mass is 9.93. The van der Waals surface area contributed by atoms with Gasteiger partial charge in [0.05, 0.1) is 10.9 Å². The number of aromatic nitrogens is 1. The van der Waals surface area contributed by atoms with Crippen molar-refractivity contribution in [3.63, 3.8) is 0 Å². The summed E-state index contributed by atoms with van der Waals surface area (Å²) in [5, 5.41) is 12.3. The number of rotatable bonds is 6. The van der Waals surface area contributed by atoms with Gasteiger partial charge in [-0.25, -0.2) is 13.6 Å². The quantitative estimate of drug-likeness (QED) is 0.807. The van der Waals surface area contributed by atoms with E-state index in [1.807, 2.05) is 6.92 Å². The fourth-order valence-corrected chi connectivity index (χ4v) is 4.15. The second-order valence-corrected chi connectivity index (χ2v) is 7.13. The van der Waals surface area contributed by atoms with Gasteiger partial charge in [0.1, 0.15) is 11.4 Å². The van der Waals surface area contributed by atoms with Crippen LogP contribution in [0.15, 0.2) is 17.1 Å². The van der Waals surface area contributed by atoms with E-state index in [4.69, 9.17) is 0 Å². The lowest BCUT2D eigenvalue weighted by Crippen LogP contribution is -2.21. The van der Waals surface area contributed by atoms with Crippen molar-refractivity contribution in [1.29, 1.82) is 0 Å². The Bertz CT molecular complexity index is 939. The minimum absolute atomic E-state index is 0.0148. The van der Waals surface area contributed by atoms with E-state index in [2.05, 4.69) is 5.32 Å². The van der Waals surface area contributed by atoms with Gasteiger partial charge in [-0.2, -0.15) is 0 Å². The maximum atomic E-state index is 15.4. The average molecular weight is 378 g/mol. The molecule has 2 N–H and O–H groups in total. The number of fused-ring (bicyclic) bond motifs is 1. The largest absolute Gasteiger partial charge is 0.477 e. The third-order valence-electron chi connectivity index (χ3n) is 5.49. The summed E-state index contributed by atoms with van der Waals surface area (Å²) in [7, 11) is 0. The van der Waals surface area contributed by atoms with Gasteiger partial charge >= 0.3 is 5.97 Å². The number of carboxylic acid groups (broad SMARTS) is 1. The molecule has 146 valence electrons. The van der Waals surface area contributed by atoms with Crippen molar-refractivity contribution in [2.45, 2.75) is 45.6 Å². The second-order valence-electron chi connectivity index (χ2n) is 7.13. The van der Waals surface area contributed by atoms with E-state index in [1.54, 1.807) is 6.92 Å². The van der Waals surface area contributed by atoms with Crippen LogP contribution in [0.4, 0.5) is 8.78 Å². The molecule has 1 fully saturated rings. The molecule has 1 saturated carbocycles. The van der Waals surface area contributed by atoms with Crippen molar-refractivity contribution < 1.29 is 18.7 Å². The Morgan fingerprint density at radius 2 is 2.07 bits per heavy atom. The standard InChI is InChI=1S/C20H24F2N2O3/c1-3-23-9-11-5-6-12(7-11)16-15(21)8-13-18(17(16)22)24(4-2)10-14(19(13)25)20(26)27/h8,10-12,23H,3-7,9H2,1-2H3,(H,26,27)/t11-,12?/m0/s1. The first-order valence-electron chi connectivity index (χ1n) is 9.38. The number of hydrogen-bond donors (Lipinski definition) is 2. The SMILES string of the molecule is CCNC[C@H]1CCC(c2c(F)cc3c(=O)c(C(=O)O)cn(CC)c3c2F)C1. The summed E-state index contributed by atoms with van der Waals surface area (Å²) in [4.78, 5) is 23.7. The molecule has 0 aliphatic heterocycles. The normalized spacial score (nSPS) is 19.7. The predicted octanol–water partition coefficient (Wildman–Crippen LogP) is 3.49. The first-order chi connectivity index (χ1) is 12.9. The van der Waals surface area contributed by atoms with Crippen molar-refractivity contribution >= 4 is 16.9 Å². The van der Waals surface area contributed by atoms with E-state index in [9.17, 15) is 19.1 Å². The maximum Gasteiger partial charge on any atom is 0.341 e. The molecule has 0 amide bonds. The highest BCUT2D eigenvalue weighted by Gasteiger charge is 2.32. The molecule has 5 nitrogen and oxygen atoms in total. The lowest BCUT2D eigenvalue weighted by molar-refractivity contribution is 0.0695. The van der Waals surface area contributed by atoms with E-state index in [1.165, 1.54) is 4.57 Å². The van der Waals surface area contributed by atoms with Gasteiger partial charge in [0.15, 0.2) is 5.82 Å². The molecule has 1 aliphatic carbocycles. The number of carbonyl (C=O) groups is 1. The van der Waals surface area contributed by atoms with E-state index in [0.29, 0.717) is 18.8 Å². The molecule has 3 rings (SSSR count). The van der Waals surface area contributed by atoms with E-state index < -0.39 is 28.6 Å². The molecule has 0 radical (unpaired) electrons. The number of carboxylic acids is 1. The third kappa shape index (κ3) is 3.48. The highest BCUT2D eigenvalue weighted by Crippen LogP contribution is 2.41. The van der Waals surface area contributed by atoms with Crippen molar-refractivity contribution in [1.82, 2.24) is 9.88 Å². The van der Waals surface area contributed by atoms with Gasteiger partial charge in [-0.1, -0.05) is 6.92 Å². The van der Waals surface area contributed by atoms with Crippen molar-refractivity contribution in [2.24, 2.45) is 5.92 Å². The highest BCUT2D eigenvalue weighted by molar-refractivity contribution is 5.93. The van der Waals surface area contributed by atoms with Crippen LogP contribution in [0.25, 0.3) is 10.9 Å². The zero-order valence-corrected chi connectivity index (χ0v) is 15.5. The summed E-state index contributed by atoms with van der Waals surface area (Å²) >= 11 is 0. The molecule has 2 atom stereocenters.